The highest BCUT2D eigenvalue weighted by Crippen LogP contribution is 2.28. The molecule has 5 nitrogen and oxygen atoms in total. The van der Waals surface area contributed by atoms with Crippen molar-refractivity contribution in [1.29, 1.82) is 0 Å². The molecule has 0 saturated carbocycles. The number of carbonyl (C=O) groups is 1. The van der Waals surface area contributed by atoms with Crippen molar-refractivity contribution in [3.63, 3.8) is 0 Å². The number of hydrogen-bond acceptors (Lipinski definition) is 2. The molecule has 0 bridgehead atoms. The Morgan fingerprint density at radius 2 is 2.44 bits per heavy atom. The Morgan fingerprint density at radius 3 is 3.00 bits per heavy atom. The van der Waals surface area contributed by atoms with Crippen LogP contribution in [0.1, 0.15) is 18.5 Å². The molecule has 1 aliphatic rings. The van der Waals surface area contributed by atoms with Crippen LogP contribution < -0.4 is 5.73 Å². The van der Waals surface area contributed by atoms with Gasteiger partial charge in [-0.1, -0.05) is 0 Å². The van der Waals surface area contributed by atoms with E-state index in [-0.39, 0.29) is 18.1 Å². The quantitative estimate of drug-likeness (QED) is 0.793. The van der Waals surface area contributed by atoms with Gasteiger partial charge in [0.15, 0.2) is 0 Å². The second kappa shape index (κ2) is 4.17. The van der Waals surface area contributed by atoms with Gasteiger partial charge < -0.3 is 20.5 Å². The average molecular weight is 222 g/mol. The molecule has 0 spiro atoms. The number of H-pyrrole nitrogens is 1. The molecule has 2 unspecified atom stereocenters. The van der Waals surface area contributed by atoms with Gasteiger partial charge in [0, 0.05) is 38.6 Å². The van der Waals surface area contributed by atoms with Gasteiger partial charge in [0.1, 0.15) is 0 Å². The molecule has 2 heterocycles. The van der Waals surface area contributed by atoms with Gasteiger partial charge in [-0.2, -0.15) is 0 Å². The Labute approximate surface area is 95.2 Å². The molecule has 1 aromatic rings. The molecule has 2 rings (SSSR count). The van der Waals surface area contributed by atoms with Crippen molar-refractivity contribution in [2.45, 2.75) is 19.0 Å². The summed E-state index contributed by atoms with van der Waals surface area (Å²) >= 11 is 0. The summed E-state index contributed by atoms with van der Waals surface area (Å²) in [5, 5.41) is 0. The third-order valence-electron chi connectivity index (χ3n) is 3.26. The largest absolute Gasteiger partial charge is 0.367 e. The number of rotatable bonds is 3. The van der Waals surface area contributed by atoms with Gasteiger partial charge in [0.25, 0.3) is 0 Å². The maximum absolute atomic E-state index is 12.0. The lowest BCUT2D eigenvalue weighted by Crippen LogP contribution is -2.40. The molecule has 0 radical (unpaired) electrons. The molecular weight excluding hydrogens is 204 g/mol. The number of hydrogen-bond donors (Lipinski definition) is 2. The Balaban J connectivity index is 2.17. The summed E-state index contributed by atoms with van der Waals surface area (Å²) in [5.41, 5.74) is 6.75. The maximum atomic E-state index is 12.0. The van der Waals surface area contributed by atoms with E-state index in [9.17, 15) is 4.79 Å². The fourth-order valence-corrected chi connectivity index (χ4v) is 2.09. The Morgan fingerprint density at radius 1 is 1.69 bits per heavy atom. The number of aromatic amines is 1. The molecule has 1 aromatic heterocycles. The summed E-state index contributed by atoms with van der Waals surface area (Å²) < 4.78 is 0. The lowest BCUT2D eigenvalue weighted by molar-refractivity contribution is 0.185. The minimum Gasteiger partial charge on any atom is -0.367 e. The summed E-state index contributed by atoms with van der Waals surface area (Å²) in [6.45, 7) is 3.19. The van der Waals surface area contributed by atoms with Crippen molar-refractivity contribution in [3.05, 3.63) is 24.0 Å². The smallest absolute Gasteiger partial charge is 0.320 e. The molecule has 1 aliphatic heterocycles. The van der Waals surface area contributed by atoms with E-state index in [0.717, 1.165) is 5.56 Å². The summed E-state index contributed by atoms with van der Waals surface area (Å²) in [5.74, 6) is 0. The Kier molecular flexibility index (Phi) is 2.87. The molecule has 3 N–H and O–H groups in total. The summed E-state index contributed by atoms with van der Waals surface area (Å²) in [4.78, 5) is 18.6. The summed E-state index contributed by atoms with van der Waals surface area (Å²) in [6.07, 6.45) is 3.81. The number of nitrogens with zero attached hydrogens (tertiary/aromatic N) is 2. The van der Waals surface area contributed by atoms with Gasteiger partial charge in [0.2, 0.25) is 0 Å². The van der Waals surface area contributed by atoms with Crippen LogP contribution in [0.15, 0.2) is 18.5 Å². The van der Waals surface area contributed by atoms with Crippen molar-refractivity contribution in [2.75, 3.05) is 20.1 Å². The van der Waals surface area contributed by atoms with E-state index in [0.29, 0.717) is 13.1 Å². The Hall–Kier alpha value is -1.49. The number of urea groups is 1. The molecule has 88 valence electrons. The minimum atomic E-state index is 0.0594. The van der Waals surface area contributed by atoms with Gasteiger partial charge in [0.05, 0.1) is 6.04 Å². The topological polar surface area (TPSA) is 65.4 Å². The highest BCUT2D eigenvalue weighted by Gasteiger charge is 2.37. The number of carbonyl (C=O) groups excluding carboxylic acids is 1. The predicted octanol–water partition coefficient (Wildman–Crippen LogP) is 0.770. The van der Waals surface area contributed by atoms with Crippen LogP contribution in [0.2, 0.25) is 0 Å². The lowest BCUT2D eigenvalue weighted by atomic mass is 10.1. The summed E-state index contributed by atoms with van der Waals surface area (Å²) in [6, 6.07) is 2.29. The number of aromatic nitrogens is 1. The monoisotopic (exact) mass is 222 g/mol. The van der Waals surface area contributed by atoms with E-state index in [1.54, 1.807) is 4.90 Å². The van der Waals surface area contributed by atoms with E-state index in [1.165, 1.54) is 0 Å². The van der Waals surface area contributed by atoms with Gasteiger partial charge >= 0.3 is 6.03 Å². The van der Waals surface area contributed by atoms with Crippen LogP contribution >= 0.6 is 0 Å². The maximum Gasteiger partial charge on any atom is 0.320 e. The normalized spacial score (nSPS) is 22.9. The fourth-order valence-electron chi connectivity index (χ4n) is 2.09. The van der Waals surface area contributed by atoms with E-state index < -0.39 is 0 Å². The van der Waals surface area contributed by atoms with Gasteiger partial charge in [-0.15, -0.1) is 0 Å². The molecule has 0 aliphatic carbocycles. The lowest BCUT2D eigenvalue weighted by Gasteiger charge is -2.21. The third kappa shape index (κ3) is 1.67. The zero-order valence-electron chi connectivity index (χ0n) is 9.68. The first-order valence-electron chi connectivity index (χ1n) is 5.51. The summed E-state index contributed by atoms with van der Waals surface area (Å²) in [7, 11) is 1.84. The average Bonchev–Trinajstić information content (AvgIpc) is 2.89. The van der Waals surface area contributed by atoms with Gasteiger partial charge in [-0.05, 0) is 18.6 Å². The van der Waals surface area contributed by atoms with Crippen molar-refractivity contribution in [3.8, 4) is 0 Å². The molecule has 1 fully saturated rings. The van der Waals surface area contributed by atoms with Crippen LogP contribution in [-0.4, -0.2) is 47.0 Å². The van der Waals surface area contributed by atoms with Crippen LogP contribution in [0.3, 0.4) is 0 Å². The van der Waals surface area contributed by atoms with Crippen LogP contribution in [0.4, 0.5) is 4.79 Å². The second-order valence-corrected chi connectivity index (χ2v) is 4.29. The molecule has 5 heteroatoms. The third-order valence-corrected chi connectivity index (χ3v) is 3.26. The molecule has 2 amide bonds. The first-order chi connectivity index (χ1) is 7.65. The predicted molar refractivity (Wildman–Crippen MR) is 61.9 cm³/mol. The molecule has 0 aromatic carbocycles. The number of amides is 2. The van der Waals surface area contributed by atoms with Crippen LogP contribution in [0, 0.1) is 0 Å². The van der Waals surface area contributed by atoms with Crippen LogP contribution in [0.25, 0.3) is 0 Å². The van der Waals surface area contributed by atoms with Crippen molar-refractivity contribution in [1.82, 2.24) is 14.8 Å². The number of nitrogens with one attached hydrogen (secondary N) is 1. The number of likely N-dealkylation sites (N-methyl/N-ethyl adjacent to an activating group) is 1. The fraction of sp³-hybridized carbons (Fsp3) is 0.545. The highest BCUT2D eigenvalue weighted by molar-refractivity contribution is 5.77. The van der Waals surface area contributed by atoms with Gasteiger partial charge in [-0.3, -0.25) is 0 Å². The number of nitrogens with two attached hydrogens (primary N) is 1. The zero-order chi connectivity index (χ0) is 11.7. The highest BCUT2D eigenvalue weighted by atomic mass is 16.2. The van der Waals surface area contributed by atoms with E-state index in [2.05, 4.69) is 4.98 Å². The van der Waals surface area contributed by atoms with Crippen molar-refractivity contribution >= 4 is 6.03 Å². The van der Waals surface area contributed by atoms with E-state index in [1.807, 2.05) is 37.3 Å². The SMILES string of the molecule is CC(CN)N1CC(c2cc[nH]c2)N(C)C1=O. The van der Waals surface area contributed by atoms with Gasteiger partial charge in [-0.25, -0.2) is 4.79 Å². The molecular formula is C11H18N4O. The first-order valence-corrected chi connectivity index (χ1v) is 5.51. The van der Waals surface area contributed by atoms with Crippen molar-refractivity contribution in [2.24, 2.45) is 5.73 Å². The minimum absolute atomic E-state index is 0.0594. The van der Waals surface area contributed by atoms with E-state index in [4.69, 9.17) is 5.73 Å². The molecule has 16 heavy (non-hydrogen) atoms. The zero-order valence-corrected chi connectivity index (χ0v) is 9.68. The van der Waals surface area contributed by atoms with E-state index >= 15 is 0 Å². The van der Waals surface area contributed by atoms with Crippen LogP contribution in [0.5, 0.6) is 0 Å². The standard InChI is InChI=1S/C11H18N4O/c1-8(5-12)15-7-10(14(2)11(15)16)9-3-4-13-6-9/h3-4,6,8,10,13H,5,7,12H2,1-2H3. The van der Waals surface area contributed by atoms with Crippen molar-refractivity contribution < 1.29 is 4.79 Å². The molecule has 2 atom stereocenters. The Bertz CT molecular complexity index is 362. The molecule has 1 saturated heterocycles. The second-order valence-electron chi connectivity index (χ2n) is 4.29. The first kappa shape index (κ1) is 11.0. The van der Waals surface area contributed by atoms with Crippen LogP contribution in [-0.2, 0) is 0 Å².